The molecule has 0 bridgehead atoms. The molecule has 2 heterocycles. The van der Waals surface area contributed by atoms with Gasteiger partial charge in [0.25, 0.3) is 0 Å². The van der Waals surface area contributed by atoms with Crippen LogP contribution in [0.5, 0.6) is 0 Å². The predicted octanol–water partition coefficient (Wildman–Crippen LogP) is -6.63. The fourth-order valence-electron chi connectivity index (χ4n) is 6.05. The molecular formula is C26H52N4O13. The fraction of sp³-hybridized carbons (Fsp3) is 1.00. The normalized spacial score (nSPS) is 45.6. The Labute approximate surface area is 250 Å². The number of likely N-dealkylation sites (N-methyl/N-ethyl adjacent to an activating group) is 1. The molecule has 2 saturated heterocycles. The maximum atomic E-state index is 11.5. The smallest absolute Gasteiger partial charge is 0.187 e. The van der Waals surface area contributed by atoms with E-state index in [0.717, 1.165) is 0 Å². The summed E-state index contributed by atoms with van der Waals surface area (Å²) in [5.41, 5.74) is 10.6. The minimum Gasteiger partial charge on any atom is -0.394 e. The van der Waals surface area contributed by atoms with Gasteiger partial charge in [-0.05, 0) is 39.2 Å². The summed E-state index contributed by atoms with van der Waals surface area (Å²) in [7, 11) is 1.57. The topological polar surface area (TPSA) is 295 Å². The first-order valence-electron chi connectivity index (χ1n) is 14.8. The van der Waals surface area contributed by atoms with Crippen LogP contribution in [0.25, 0.3) is 0 Å². The second-order valence-electron chi connectivity index (χ2n) is 12.1. The van der Waals surface area contributed by atoms with Crippen molar-refractivity contribution >= 4 is 0 Å². The Morgan fingerprint density at radius 1 is 0.953 bits per heavy atom. The molecule has 3 aliphatic rings. The van der Waals surface area contributed by atoms with Crippen molar-refractivity contribution < 1.29 is 64.9 Å². The minimum absolute atomic E-state index is 0.0298. The van der Waals surface area contributed by atoms with Gasteiger partial charge >= 0.3 is 0 Å². The maximum absolute atomic E-state index is 11.5. The fourth-order valence-corrected chi connectivity index (χ4v) is 6.05. The number of aliphatic hydroxyl groups is 9. The van der Waals surface area contributed by atoms with Gasteiger partial charge in [0.05, 0.1) is 37.6 Å². The molecule has 0 amide bonds. The average Bonchev–Trinajstić information content (AvgIpc) is 2.97. The summed E-state index contributed by atoms with van der Waals surface area (Å²) in [5.74, 6) is -0.447. The van der Waals surface area contributed by atoms with E-state index < -0.39 is 104 Å². The van der Waals surface area contributed by atoms with Gasteiger partial charge in [-0.2, -0.15) is 0 Å². The quantitative estimate of drug-likeness (QED) is 0.0850. The molecule has 254 valence electrons. The molecule has 3 rings (SSSR count). The Bertz CT molecular complexity index is 834. The van der Waals surface area contributed by atoms with Crippen molar-refractivity contribution in [2.24, 2.45) is 17.4 Å². The van der Waals surface area contributed by atoms with Crippen molar-refractivity contribution in [3.8, 4) is 0 Å². The number of nitrogens with one attached hydrogen (secondary N) is 2. The van der Waals surface area contributed by atoms with Crippen LogP contribution < -0.4 is 22.1 Å². The Hall–Kier alpha value is -0.680. The van der Waals surface area contributed by atoms with Crippen LogP contribution in [0.15, 0.2) is 0 Å². The summed E-state index contributed by atoms with van der Waals surface area (Å²) in [6.45, 7) is 0.762. The molecule has 16 atom stereocenters. The summed E-state index contributed by atoms with van der Waals surface area (Å²) < 4.78 is 23.4. The zero-order valence-corrected chi connectivity index (χ0v) is 24.6. The van der Waals surface area contributed by atoms with Crippen LogP contribution in [0.4, 0.5) is 0 Å². The third-order valence-corrected chi connectivity index (χ3v) is 8.61. The Balaban J connectivity index is 1.77. The van der Waals surface area contributed by atoms with E-state index in [0.29, 0.717) is 6.42 Å². The van der Waals surface area contributed by atoms with Crippen LogP contribution in [0.3, 0.4) is 0 Å². The number of hydrogen-bond donors (Lipinski definition) is 13. The van der Waals surface area contributed by atoms with Crippen molar-refractivity contribution in [1.29, 1.82) is 0 Å². The third kappa shape index (κ3) is 8.99. The van der Waals surface area contributed by atoms with Gasteiger partial charge in [-0.1, -0.05) is 0 Å². The largest absolute Gasteiger partial charge is 0.394 e. The molecule has 0 radical (unpaired) electrons. The third-order valence-electron chi connectivity index (χ3n) is 8.61. The molecular weight excluding hydrogens is 576 g/mol. The van der Waals surface area contributed by atoms with Crippen LogP contribution >= 0.6 is 0 Å². The molecule has 0 spiro atoms. The lowest BCUT2D eigenvalue weighted by atomic mass is 9.76. The van der Waals surface area contributed by atoms with E-state index in [2.05, 4.69) is 10.6 Å². The van der Waals surface area contributed by atoms with Gasteiger partial charge in [-0.15, -0.1) is 0 Å². The second kappa shape index (κ2) is 16.2. The van der Waals surface area contributed by atoms with Gasteiger partial charge in [0.2, 0.25) is 0 Å². The van der Waals surface area contributed by atoms with Gasteiger partial charge in [0, 0.05) is 25.7 Å². The van der Waals surface area contributed by atoms with E-state index in [1.54, 1.807) is 7.05 Å². The zero-order valence-electron chi connectivity index (χ0n) is 24.6. The van der Waals surface area contributed by atoms with Gasteiger partial charge in [-0.3, -0.25) is 0 Å². The van der Waals surface area contributed by atoms with Crippen molar-refractivity contribution in [2.75, 3.05) is 39.9 Å². The Kier molecular flexibility index (Phi) is 13.9. The molecule has 0 aromatic heterocycles. The van der Waals surface area contributed by atoms with Crippen LogP contribution in [-0.4, -0.2) is 177 Å². The minimum atomic E-state index is -1.72. The highest BCUT2D eigenvalue weighted by molar-refractivity contribution is 5.01. The zero-order chi connectivity index (χ0) is 32.1. The van der Waals surface area contributed by atoms with Crippen LogP contribution in [0, 0.1) is 5.92 Å². The lowest BCUT2D eigenvalue weighted by molar-refractivity contribution is -0.333. The van der Waals surface area contributed by atoms with E-state index in [4.69, 9.17) is 35.5 Å². The Morgan fingerprint density at radius 3 is 2.26 bits per heavy atom. The van der Waals surface area contributed by atoms with E-state index in [-0.39, 0.29) is 39.1 Å². The number of rotatable bonds is 14. The average molecular weight is 629 g/mol. The molecule has 1 saturated carbocycles. The number of aliphatic hydroxyl groups excluding tert-OH is 8. The molecule has 17 nitrogen and oxygen atoms in total. The van der Waals surface area contributed by atoms with Crippen molar-refractivity contribution in [1.82, 2.24) is 10.6 Å². The number of ether oxygens (including phenoxy) is 4. The highest BCUT2D eigenvalue weighted by Gasteiger charge is 2.52. The molecule has 17 heteroatoms. The van der Waals surface area contributed by atoms with Gasteiger partial charge in [0.1, 0.15) is 48.3 Å². The molecule has 0 aromatic carbocycles. The second-order valence-corrected chi connectivity index (χ2v) is 12.1. The lowest BCUT2D eigenvalue weighted by Gasteiger charge is -2.49. The monoisotopic (exact) mass is 628 g/mol. The van der Waals surface area contributed by atoms with Crippen LogP contribution in [0.2, 0.25) is 0 Å². The van der Waals surface area contributed by atoms with Crippen molar-refractivity contribution in [3.05, 3.63) is 0 Å². The molecule has 43 heavy (non-hydrogen) atoms. The van der Waals surface area contributed by atoms with E-state index in [1.165, 1.54) is 6.92 Å². The number of hydrogen-bond acceptors (Lipinski definition) is 17. The van der Waals surface area contributed by atoms with Crippen molar-refractivity contribution in [2.45, 2.75) is 117 Å². The van der Waals surface area contributed by atoms with E-state index in [9.17, 15) is 40.9 Å². The molecule has 15 N–H and O–H groups in total. The van der Waals surface area contributed by atoms with Crippen molar-refractivity contribution in [3.63, 3.8) is 0 Å². The first-order valence-corrected chi connectivity index (χ1v) is 14.8. The summed E-state index contributed by atoms with van der Waals surface area (Å²) >= 11 is 0. The molecule has 3 unspecified atom stereocenters. The molecule has 3 fully saturated rings. The van der Waals surface area contributed by atoms with Gasteiger partial charge in [0.15, 0.2) is 12.6 Å². The maximum Gasteiger partial charge on any atom is 0.187 e. The van der Waals surface area contributed by atoms with E-state index >= 15 is 0 Å². The molecule has 2 aliphatic heterocycles. The first-order chi connectivity index (χ1) is 20.2. The van der Waals surface area contributed by atoms with E-state index in [1.807, 2.05) is 0 Å². The highest BCUT2D eigenvalue weighted by atomic mass is 16.7. The van der Waals surface area contributed by atoms with Gasteiger partial charge < -0.3 is 87.0 Å². The number of nitrogens with two attached hydrogens (primary N) is 2. The SMILES string of the molecule is CN[C@@H]1[C@@H](O)[C@@H](O[C@H]2[C@H](CCC(O)CN)C[C@H](N)C(O[C@H]3O[C@H](CNCC(O)CO)[C@@H](O)[C@H](O)[C@H]3O)[C@@H]2O)OC[C@]1(C)O. The van der Waals surface area contributed by atoms with Gasteiger partial charge in [-0.25, -0.2) is 0 Å². The highest BCUT2D eigenvalue weighted by Crippen LogP contribution is 2.37. The summed E-state index contributed by atoms with van der Waals surface area (Å²) in [4.78, 5) is 0. The molecule has 1 aliphatic carbocycles. The van der Waals surface area contributed by atoms with Crippen LogP contribution in [-0.2, 0) is 18.9 Å². The summed E-state index contributed by atoms with van der Waals surface area (Å²) in [5, 5.41) is 98.9. The lowest BCUT2D eigenvalue weighted by Crippen LogP contribution is -2.67. The summed E-state index contributed by atoms with van der Waals surface area (Å²) in [6.07, 6.45) is -14.9. The predicted molar refractivity (Wildman–Crippen MR) is 148 cm³/mol. The van der Waals surface area contributed by atoms with Crippen LogP contribution in [0.1, 0.15) is 26.2 Å². The molecule has 0 aromatic rings. The first kappa shape index (κ1) is 36.8. The summed E-state index contributed by atoms with van der Waals surface area (Å²) in [6, 6.07) is -1.64. The Morgan fingerprint density at radius 2 is 1.63 bits per heavy atom. The standard InChI is InChI=1S/C26H52N4O13/c1-26(39)10-40-24(20(38)23(26)29-2)42-21-11(3-4-12(32)6-27)5-14(28)22(19(21)37)43-25-18(36)17(35)16(34)15(41-25)8-30-7-13(33)9-31/h11-25,29-39H,3-10,27-28H2,1-2H3/t11-,12?,13?,14+,15-,16-,17+,18-,19-,20-,21+,22?,23-,24-,25-,26+/m1/s1.